The van der Waals surface area contributed by atoms with Gasteiger partial charge in [-0.1, -0.05) is 6.92 Å². The summed E-state index contributed by atoms with van der Waals surface area (Å²) < 4.78 is 34.5. The average Bonchev–Trinajstić information content (AvgIpc) is 2.40. The average molecular weight is 153 g/mol. The van der Waals surface area contributed by atoms with Gasteiger partial charge in [0.15, 0.2) is 0 Å². The van der Waals surface area contributed by atoms with Crippen LogP contribution in [0.4, 0.5) is 13.2 Å². The molecule has 0 spiro atoms. The van der Waals surface area contributed by atoms with E-state index in [9.17, 15) is 13.2 Å². The molecule has 2 unspecified atom stereocenters. The Morgan fingerprint density at radius 3 is 2.30 bits per heavy atom. The van der Waals surface area contributed by atoms with Crippen molar-refractivity contribution in [1.29, 1.82) is 0 Å². The van der Waals surface area contributed by atoms with Gasteiger partial charge < -0.3 is 5.32 Å². The summed E-state index contributed by atoms with van der Waals surface area (Å²) in [4.78, 5) is 0. The van der Waals surface area contributed by atoms with Gasteiger partial charge in [0, 0.05) is 6.04 Å². The van der Waals surface area contributed by atoms with Crippen LogP contribution >= 0.6 is 0 Å². The van der Waals surface area contributed by atoms with Gasteiger partial charge in [-0.05, 0) is 12.3 Å². The maximum absolute atomic E-state index is 11.5. The second kappa shape index (κ2) is 2.42. The van der Waals surface area contributed by atoms with E-state index >= 15 is 0 Å². The first-order chi connectivity index (χ1) is 4.49. The van der Waals surface area contributed by atoms with Gasteiger partial charge in [0.25, 0.3) is 0 Å². The van der Waals surface area contributed by atoms with E-state index in [0.717, 1.165) is 6.42 Å². The molecule has 4 heteroatoms. The van der Waals surface area contributed by atoms with E-state index in [1.807, 2.05) is 6.92 Å². The van der Waals surface area contributed by atoms with Crippen LogP contribution in [-0.4, -0.2) is 18.8 Å². The molecule has 1 N–H and O–H groups in total. The molecule has 0 saturated heterocycles. The summed E-state index contributed by atoms with van der Waals surface area (Å²) in [5, 5.41) is 2.42. The highest BCUT2D eigenvalue weighted by Gasteiger charge is 2.36. The highest BCUT2D eigenvalue weighted by molar-refractivity contribution is 4.89. The first-order valence-electron chi connectivity index (χ1n) is 3.29. The van der Waals surface area contributed by atoms with Crippen LogP contribution in [0.25, 0.3) is 0 Å². The van der Waals surface area contributed by atoms with E-state index in [-0.39, 0.29) is 6.04 Å². The van der Waals surface area contributed by atoms with Gasteiger partial charge >= 0.3 is 6.18 Å². The van der Waals surface area contributed by atoms with E-state index in [2.05, 4.69) is 5.32 Å². The molecule has 0 heterocycles. The Bertz CT molecular complexity index is 121. The van der Waals surface area contributed by atoms with Gasteiger partial charge in [-0.2, -0.15) is 13.2 Å². The second-order valence-electron chi connectivity index (χ2n) is 2.82. The van der Waals surface area contributed by atoms with E-state index in [1.54, 1.807) is 0 Å². The molecular weight excluding hydrogens is 143 g/mol. The smallest absolute Gasteiger partial charge is 0.306 e. The van der Waals surface area contributed by atoms with Gasteiger partial charge in [0.2, 0.25) is 0 Å². The van der Waals surface area contributed by atoms with Crippen LogP contribution in [0.1, 0.15) is 13.3 Å². The van der Waals surface area contributed by atoms with E-state index in [0.29, 0.717) is 5.92 Å². The normalized spacial score (nSPS) is 32.4. The van der Waals surface area contributed by atoms with Gasteiger partial charge in [-0.3, -0.25) is 0 Å². The zero-order valence-electron chi connectivity index (χ0n) is 5.70. The molecule has 60 valence electrons. The summed E-state index contributed by atoms with van der Waals surface area (Å²) in [5.41, 5.74) is 0. The van der Waals surface area contributed by atoms with Gasteiger partial charge in [-0.25, -0.2) is 0 Å². The van der Waals surface area contributed by atoms with Gasteiger partial charge in [0.05, 0.1) is 6.54 Å². The molecule has 0 aromatic carbocycles. The zero-order chi connectivity index (χ0) is 7.78. The van der Waals surface area contributed by atoms with Crippen LogP contribution in [0.15, 0.2) is 0 Å². The lowest BCUT2D eigenvalue weighted by atomic mass is 10.5. The minimum atomic E-state index is -4.05. The van der Waals surface area contributed by atoms with Crippen molar-refractivity contribution >= 4 is 0 Å². The Morgan fingerprint density at radius 1 is 1.50 bits per heavy atom. The summed E-state index contributed by atoms with van der Waals surface area (Å²) in [6.07, 6.45) is -3.17. The van der Waals surface area contributed by atoms with Crippen LogP contribution in [-0.2, 0) is 0 Å². The molecule has 0 bridgehead atoms. The standard InChI is InChI=1S/C6H10F3N/c1-4-2-5(4)10-3-6(7,8)9/h4-5,10H,2-3H2,1H3. The fraction of sp³-hybridized carbons (Fsp3) is 1.00. The fourth-order valence-electron chi connectivity index (χ4n) is 0.853. The molecule has 0 aromatic rings. The van der Waals surface area contributed by atoms with Crippen molar-refractivity contribution in [2.75, 3.05) is 6.54 Å². The van der Waals surface area contributed by atoms with Crippen LogP contribution in [0, 0.1) is 5.92 Å². The molecule has 1 fully saturated rings. The lowest BCUT2D eigenvalue weighted by molar-refractivity contribution is -0.125. The first-order valence-corrected chi connectivity index (χ1v) is 3.29. The van der Waals surface area contributed by atoms with Crippen molar-refractivity contribution in [1.82, 2.24) is 5.32 Å². The summed E-state index contributed by atoms with van der Waals surface area (Å²) in [5.74, 6) is 0.433. The highest BCUT2D eigenvalue weighted by Crippen LogP contribution is 2.29. The van der Waals surface area contributed by atoms with Crippen molar-refractivity contribution in [3.63, 3.8) is 0 Å². The Kier molecular flexibility index (Phi) is 1.90. The van der Waals surface area contributed by atoms with E-state index < -0.39 is 12.7 Å². The molecule has 1 saturated carbocycles. The molecule has 0 amide bonds. The maximum Gasteiger partial charge on any atom is 0.401 e. The maximum atomic E-state index is 11.5. The first kappa shape index (κ1) is 7.85. The molecule has 0 aliphatic heterocycles. The Morgan fingerprint density at radius 2 is 2.00 bits per heavy atom. The number of rotatable bonds is 2. The lowest BCUT2D eigenvalue weighted by Gasteiger charge is -2.06. The summed E-state index contributed by atoms with van der Waals surface area (Å²) in [7, 11) is 0. The molecule has 0 aromatic heterocycles. The summed E-state index contributed by atoms with van der Waals surface area (Å²) in [6, 6.07) is 0.113. The predicted molar refractivity (Wildman–Crippen MR) is 31.6 cm³/mol. The zero-order valence-corrected chi connectivity index (χ0v) is 5.70. The number of alkyl halides is 3. The monoisotopic (exact) mass is 153 g/mol. The van der Waals surface area contributed by atoms with Crippen molar-refractivity contribution in [3.05, 3.63) is 0 Å². The van der Waals surface area contributed by atoms with E-state index in [4.69, 9.17) is 0 Å². The van der Waals surface area contributed by atoms with E-state index in [1.165, 1.54) is 0 Å². The number of hydrogen-bond donors (Lipinski definition) is 1. The van der Waals surface area contributed by atoms with Crippen molar-refractivity contribution < 1.29 is 13.2 Å². The lowest BCUT2D eigenvalue weighted by Crippen LogP contribution is -2.30. The molecule has 1 aliphatic rings. The van der Waals surface area contributed by atoms with Crippen LogP contribution in [0.3, 0.4) is 0 Å². The minimum absolute atomic E-state index is 0.113. The number of halogens is 3. The quantitative estimate of drug-likeness (QED) is 0.634. The third-order valence-electron chi connectivity index (χ3n) is 1.67. The minimum Gasteiger partial charge on any atom is -0.306 e. The molecule has 2 atom stereocenters. The van der Waals surface area contributed by atoms with Crippen molar-refractivity contribution in [3.8, 4) is 0 Å². The largest absolute Gasteiger partial charge is 0.401 e. The summed E-state index contributed by atoms with van der Waals surface area (Å²) in [6.45, 7) is 1.09. The third kappa shape index (κ3) is 2.56. The number of nitrogens with one attached hydrogen (secondary N) is 1. The van der Waals surface area contributed by atoms with Crippen molar-refractivity contribution in [2.24, 2.45) is 5.92 Å². The Labute approximate surface area is 57.6 Å². The molecule has 1 rings (SSSR count). The van der Waals surface area contributed by atoms with Crippen molar-refractivity contribution in [2.45, 2.75) is 25.6 Å². The molecule has 1 aliphatic carbocycles. The highest BCUT2D eigenvalue weighted by atomic mass is 19.4. The van der Waals surface area contributed by atoms with Crippen LogP contribution < -0.4 is 5.32 Å². The SMILES string of the molecule is CC1CC1NCC(F)(F)F. The fourth-order valence-corrected chi connectivity index (χ4v) is 0.853. The predicted octanol–water partition coefficient (Wildman–Crippen LogP) is 1.55. The molecule has 1 nitrogen and oxygen atoms in total. The third-order valence-corrected chi connectivity index (χ3v) is 1.67. The van der Waals surface area contributed by atoms with Crippen LogP contribution in [0.2, 0.25) is 0 Å². The molecular formula is C6H10F3N. The Balaban J connectivity index is 2.06. The second-order valence-corrected chi connectivity index (χ2v) is 2.82. The number of hydrogen-bond acceptors (Lipinski definition) is 1. The van der Waals surface area contributed by atoms with Gasteiger partial charge in [0.1, 0.15) is 0 Å². The van der Waals surface area contributed by atoms with Crippen LogP contribution in [0.5, 0.6) is 0 Å². The molecule has 0 radical (unpaired) electrons. The Hall–Kier alpha value is -0.250. The summed E-state index contributed by atoms with van der Waals surface area (Å²) >= 11 is 0. The topological polar surface area (TPSA) is 12.0 Å². The van der Waals surface area contributed by atoms with Gasteiger partial charge in [-0.15, -0.1) is 0 Å². The molecule has 10 heavy (non-hydrogen) atoms.